The van der Waals surface area contributed by atoms with Gasteiger partial charge in [-0.15, -0.1) is 0 Å². The molecule has 0 aliphatic heterocycles. The van der Waals surface area contributed by atoms with Gasteiger partial charge < -0.3 is 19.3 Å². The summed E-state index contributed by atoms with van der Waals surface area (Å²) in [5.74, 6) is -0.112. The Labute approximate surface area is 141 Å². The zero-order chi connectivity index (χ0) is 17.4. The van der Waals surface area contributed by atoms with E-state index in [-0.39, 0.29) is 13.2 Å². The molecule has 0 aliphatic carbocycles. The molecule has 0 heterocycles. The summed E-state index contributed by atoms with van der Waals surface area (Å²) in [6, 6.07) is 15.0. The summed E-state index contributed by atoms with van der Waals surface area (Å²) < 4.78 is 16.1. The second-order valence-corrected chi connectivity index (χ2v) is 5.17. The van der Waals surface area contributed by atoms with Crippen LogP contribution in [0.4, 0.5) is 0 Å². The molecular formula is C19H22O5. The number of esters is 1. The lowest BCUT2D eigenvalue weighted by Gasteiger charge is -2.16. The van der Waals surface area contributed by atoms with E-state index in [9.17, 15) is 9.90 Å². The van der Waals surface area contributed by atoms with Crippen molar-refractivity contribution in [2.24, 2.45) is 0 Å². The fourth-order valence-electron chi connectivity index (χ4n) is 2.31. The van der Waals surface area contributed by atoms with E-state index in [4.69, 9.17) is 14.2 Å². The van der Waals surface area contributed by atoms with Gasteiger partial charge in [-0.2, -0.15) is 0 Å². The Morgan fingerprint density at radius 3 is 2.50 bits per heavy atom. The van der Waals surface area contributed by atoms with Crippen LogP contribution in [0, 0.1) is 0 Å². The second-order valence-electron chi connectivity index (χ2n) is 5.17. The van der Waals surface area contributed by atoms with Crippen LogP contribution in [-0.4, -0.2) is 31.4 Å². The molecule has 2 aromatic carbocycles. The molecule has 5 nitrogen and oxygen atoms in total. The third kappa shape index (κ3) is 4.49. The molecule has 0 saturated carbocycles. The van der Waals surface area contributed by atoms with E-state index in [1.807, 2.05) is 30.3 Å². The molecule has 0 aromatic heterocycles. The Hall–Kier alpha value is -2.53. The van der Waals surface area contributed by atoms with Crippen LogP contribution in [0.15, 0.2) is 48.5 Å². The lowest BCUT2D eigenvalue weighted by Crippen LogP contribution is -2.19. The predicted molar refractivity (Wildman–Crippen MR) is 90.2 cm³/mol. The number of hydrogen-bond donors (Lipinski definition) is 1. The number of aliphatic hydroxyl groups excluding tert-OH is 1. The maximum atomic E-state index is 11.9. The van der Waals surface area contributed by atoms with Gasteiger partial charge in [0, 0.05) is 0 Å². The smallest absolute Gasteiger partial charge is 0.315 e. The molecule has 1 N–H and O–H groups in total. The van der Waals surface area contributed by atoms with Crippen molar-refractivity contribution in [3.8, 4) is 11.5 Å². The predicted octanol–water partition coefficient (Wildman–Crippen LogP) is 2.91. The summed E-state index contributed by atoms with van der Waals surface area (Å²) in [6.07, 6.45) is 0. The number of aliphatic hydroxyl groups is 1. The standard InChI is InChI=1S/C19H22O5/c1-3-23-19(21)16(12-20)15-9-10-17(18(11-15)22-2)24-13-14-7-5-4-6-8-14/h4-11,16,20H,3,12-13H2,1-2H3. The third-order valence-corrected chi connectivity index (χ3v) is 3.58. The monoisotopic (exact) mass is 330 g/mol. The number of hydrogen-bond acceptors (Lipinski definition) is 5. The highest BCUT2D eigenvalue weighted by molar-refractivity contribution is 5.78. The number of carbonyl (C=O) groups excluding carboxylic acids is 1. The Morgan fingerprint density at radius 1 is 1.12 bits per heavy atom. The summed E-state index contributed by atoms with van der Waals surface area (Å²) in [5, 5.41) is 9.49. The highest BCUT2D eigenvalue weighted by Gasteiger charge is 2.22. The zero-order valence-corrected chi connectivity index (χ0v) is 13.9. The quantitative estimate of drug-likeness (QED) is 0.754. The summed E-state index contributed by atoms with van der Waals surface area (Å²) in [7, 11) is 1.53. The van der Waals surface area contributed by atoms with Gasteiger partial charge in [-0.05, 0) is 30.2 Å². The van der Waals surface area contributed by atoms with Crippen LogP contribution in [0.25, 0.3) is 0 Å². The molecule has 0 aliphatic rings. The molecule has 24 heavy (non-hydrogen) atoms. The minimum atomic E-state index is -0.734. The van der Waals surface area contributed by atoms with E-state index in [2.05, 4.69) is 0 Å². The van der Waals surface area contributed by atoms with Crippen molar-refractivity contribution in [2.45, 2.75) is 19.4 Å². The highest BCUT2D eigenvalue weighted by Crippen LogP contribution is 2.32. The van der Waals surface area contributed by atoms with Gasteiger partial charge in [-0.25, -0.2) is 0 Å². The minimum Gasteiger partial charge on any atom is -0.493 e. The van der Waals surface area contributed by atoms with E-state index in [1.165, 1.54) is 7.11 Å². The van der Waals surface area contributed by atoms with Gasteiger partial charge in [0.15, 0.2) is 11.5 Å². The largest absolute Gasteiger partial charge is 0.493 e. The van der Waals surface area contributed by atoms with Crippen molar-refractivity contribution in [3.05, 3.63) is 59.7 Å². The molecule has 2 rings (SSSR count). The summed E-state index contributed by atoms with van der Waals surface area (Å²) in [6.45, 7) is 2.09. The number of carbonyl (C=O) groups is 1. The molecule has 0 spiro atoms. The summed E-state index contributed by atoms with van der Waals surface area (Å²) in [4.78, 5) is 11.9. The van der Waals surface area contributed by atoms with Crippen LogP contribution in [0.1, 0.15) is 24.0 Å². The van der Waals surface area contributed by atoms with E-state index < -0.39 is 11.9 Å². The molecule has 128 valence electrons. The first-order valence-corrected chi connectivity index (χ1v) is 7.81. The van der Waals surface area contributed by atoms with Gasteiger partial charge in [0.1, 0.15) is 12.5 Å². The molecule has 2 aromatic rings. The Balaban J connectivity index is 2.15. The molecule has 1 unspecified atom stereocenters. The molecule has 0 amide bonds. The zero-order valence-electron chi connectivity index (χ0n) is 13.9. The van der Waals surface area contributed by atoms with Crippen molar-refractivity contribution in [1.82, 2.24) is 0 Å². The number of benzene rings is 2. The molecule has 0 saturated heterocycles. The fourth-order valence-corrected chi connectivity index (χ4v) is 2.31. The van der Waals surface area contributed by atoms with Crippen molar-refractivity contribution < 1.29 is 24.1 Å². The van der Waals surface area contributed by atoms with E-state index in [0.717, 1.165) is 5.56 Å². The van der Waals surface area contributed by atoms with Gasteiger partial charge >= 0.3 is 5.97 Å². The van der Waals surface area contributed by atoms with Crippen molar-refractivity contribution in [1.29, 1.82) is 0 Å². The lowest BCUT2D eigenvalue weighted by molar-refractivity contribution is -0.145. The first kappa shape index (κ1) is 17.8. The fraction of sp³-hybridized carbons (Fsp3) is 0.316. The average molecular weight is 330 g/mol. The van der Waals surface area contributed by atoms with Crippen molar-refractivity contribution in [3.63, 3.8) is 0 Å². The molecular weight excluding hydrogens is 308 g/mol. The molecule has 1 atom stereocenters. The minimum absolute atomic E-state index is 0.269. The van der Waals surface area contributed by atoms with Gasteiger partial charge in [-0.1, -0.05) is 36.4 Å². The first-order chi connectivity index (χ1) is 11.7. The SMILES string of the molecule is CCOC(=O)C(CO)c1ccc(OCc2ccccc2)c(OC)c1. The van der Waals surface area contributed by atoms with Crippen LogP contribution in [0.3, 0.4) is 0 Å². The van der Waals surface area contributed by atoms with Gasteiger partial charge in [-0.3, -0.25) is 4.79 Å². The average Bonchev–Trinajstić information content (AvgIpc) is 2.62. The van der Waals surface area contributed by atoms with E-state index in [1.54, 1.807) is 25.1 Å². The van der Waals surface area contributed by atoms with Crippen LogP contribution >= 0.6 is 0 Å². The van der Waals surface area contributed by atoms with Gasteiger partial charge in [0.2, 0.25) is 0 Å². The lowest BCUT2D eigenvalue weighted by atomic mass is 9.99. The number of rotatable bonds is 8. The topological polar surface area (TPSA) is 65.0 Å². The van der Waals surface area contributed by atoms with Crippen molar-refractivity contribution in [2.75, 3.05) is 20.3 Å². The summed E-state index contributed by atoms with van der Waals surface area (Å²) >= 11 is 0. The van der Waals surface area contributed by atoms with Crippen molar-refractivity contribution >= 4 is 5.97 Å². The Morgan fingerprint density at radius 2 is 1.88 bits per heavy atom. The summed E-state index contributed by atoms with van der Waals surface area (Å²) in [5.41, 5.74) is 1.67. The van der Waals surface area contributed by atoms with E-state index >= 15 is 0 Å². The normalized spacial score (nSPS) is 11.6. The van der Waals surface area contributed by atoms with Gasteiger partial charge in [0.05, 0.1) is 20.3 Å². The number of ether oxygens (including phenoxy) is 3. The highest BCUT2D eigenvalue weighted by atomic mass is 16.5. The maximum Gasteiger partial charge on any atom is 0.315 e. The van der Waals surface area contributed by atoms with E-state index in [0.29, 0.717) is 23.7 Å². The molecule has 0 fully saturated rings. The molecule has 0 bridgehead atoms. The number of methoxy groups -OCH3 is 1. The molecule has 0 radical (unpaired) electrons. The van der Waals surface area contributed by atoms with Crippen LogP contribution < -0.4 is 9.47 Å². The molecule has 5 heteroatoms. The van der Waals surface area contributed by atoms with Crippen LogP contribution in [-0.2, 0) is 16.1 Å². The first-order valence-electron chi connectivity index (χ1n) is 7.81. The second kappa shape index (κ2) is 8.93. The van der Waals surface area contributed by atoms with Gasteiger partial charge in [0.25, 0.3) is 0 Å². The Bertz CT molecular complexity index is 654. The third-order valence-electron chi connectivity index (χ3n) is 3.58. The van der Waals surface area contributed by atoms with Crippen LogP contribution in [0.5, 0.6) is 11.5 Å². The maximum absolute atomic E-state index is 11.9. The van der Waals surface area contributed by atoms with Crippen LogP contribution in [0.2, 0.25) is 0 Å². The Kier molecular flexibility index (Phi) is 6.63.